The molecule has 3 N–H and O–H groups in total. The van der Waals surface area contributed by atoms with E-state index in [0.717, 1.165) is 22.3 Å². The van der Waals surface area contributed by atoms with E-state index in [1.807, 2.05) is 50.2 Å². The van der Waals surface area contributed by atoms with Crippen molar-refractivity contribution >= 4 is 18.0 Å². The predicted octanol–water partition coefficient (Wildman–Crippen LogP) is 3.54. The monoisotopic (exact) mass is 468 g/mol. The summed E-state index contributed by atoms with van der Waals surface area (Å²) in [6, 6.07) is 13.8. The summed E-state index contributed by atoms with van der Waals surface area (Å²) in [7, 11) is 1.37. The van der Waals surface area contributed by atoms with Crippen LogP contribution in [0.4, 0.5) is 4.79 Å². The van der Waals surface area contributed by atoms with Crippen molar-refractivity contribution in [1.29, 1.82) is 0 Å². The smallest absolute Gasteiger partial charge is 0.407 e. The lowest BCUT2D eigenvalue weighted by molar-refractivity contribution is -0.146. The Hall–Kier alpha value is -3.39. The van der Waals surface area contributed by atoms with Crippen LogP contribution in [0.5, 0.6) is 0 Å². The van der Waals surface area contributed by atoms with E-state index in [-0.39, 0.29) is 18.4 Å². The van der Waals surface area contributed by atoms with Gasteiger partial charge in [0, 0.05) is 13.0 Å². The number of carbonyl (C=O) groups excluding carboxylic acids is 2. The number of methoxy groups -OCH3 is 1. The third kappa shape index (κ3) is 5.39. The second-order valence-electron chi connectivity index (χ2n) is 8.60. The number of carboxylic acid groups (broad SMARTS) is 1. The number of fused-ring (bicyclic) bond motifs is 3. The van der Waals surface area contributed by atoms with Crippen molar-refractivity contribution < 1.29 is 29.0 Å². The summed E-state index contributed by atoms with van der Waals surface area (Å²) in [5, 5.41) is 14.6. The van der Waals surface area contributed by atoms with Crippen LogP contribution in [0.3, 0.4) is 0 Å². The van der Waals surface area contributed by atoms with E-state index in [2.05, 4.69) is 22.8 Å². The summed E-state index contributed by atoms with van der Waals surface area (Å²) in [6.07, 6.45) is -0.873. The first-order chi connectivity index (χ1) is 16.3. The van der Waals surface area contributed by atoms with Gasteiger partial charge in [-0.25, -0.2) is 9.59 Å². The van der Waals surface area contributed by atoms with Crippen LogP contribution in [0.1, 0.15) is 44.2 Å². The average Bonchev–Trinajstić information content (AvgIpc) is 3.17. The van der Waals surface area contributed by atoms with Gasteiger partial charge in [-0.3, -0.25) is 4.79 Å². The van der Waals surface area contributed by atoms with Crippen LogP contribution in [-0.2, 0) is 19.1 Å². The van der Waals surface area contributed by atoms with Gasteiger partial charge >= 0.3 is 12.1 Å². The molecule has 8 heteroatoms. The maximum atomic E-state index is 12.9. The first-order valence-electron chi connectivity index (χ1n) is 11.5. The topological polar surface area (TPSA) is 114 Å². The number of ether oxygens (including phenoxy) is 2. The Morgan fingerprint density at radius 2 is 1.50 bits per heavy atom. The molecule has 34 heavy (non-hydrogen) atoms. The van der Waals surface area contributed by atoms with E-state index in [0.29, 0.717) is 6.42 Å². The van der Waals surface area contributed by atoms with Crippen LogP contribution in [-0.4, -0.2) is 55.0 Å². The molecule has 2 amide bonds. The second kappa shape index (κ2) is 11.2. The van der Waals surface area contributed by atoms with Crippen LogP contribution in [0.15, 0.2) is 48.5 Å². The largest absolute Gasteiger partial charge is 0.480 e. The highest BCUT2D eigenvalue weighted by molar-refractivity contribution is 5.89. The molecular formula is C26H32N2O6. The molecule has 0 saturated heterocycles. The van der Waals surface area contributed by atoms with Crippen molar-refractivity contribution in [3.8, 4) is 11.1 Å². The van der Waals surface area contributed by atoms with Crippen molar-refractivity contribution in [2.45, 2.75) is 51.3 Å². The van der Waals surface area contributed by atoms with Gasteiger partial charge in [0.25, 0.3) is 0 Å². The number of benzene rings is 2. The molecule has 0 fully saturated rings. The summed E-state index contributed by atoms with van der Waals surface area (Å²) in [4.78, 5) is 37.2. The zero-order valence-electron chi connectivity index (χ0n) is 19.9. The first-order valence-corrected chi connectivity index (χ1v) is 11.5. The van der Waals surface area contributed by atoms with Gasteiger partial charge in [-0.1, -0.05) is 68.8 Å². The van der Waals surface area contributed by atoms with E-state index in [1.165, 1.54) is 7.11 Å². The number of hydrogen-bond donors (Lipinski definition) is 3. The maximum Gasteiger partial charge on any atom is 0.407 e. The fraction of sp³-hybridized carbons (Fsp3) is 0.423. The highest BCUT2D eigenvalue weighted by Crippen LogP contribution is 2.44. The minimum atomic E-state index is -1.24. The highest BCUT2D eigenvalue weighted by Gasteiger charge is 2.34. The SMILES string of the molecule is CC[C@H](C)[C@H](NC(=O)OCC1c2ccccc2-c2ccccc21)C(=O)N[C@H](C(=O)O)[C@@H](C)OC. The molecule has 0 saturated carbocycles. The van der Waals surface area contributed by atoms with Gasteiger partial charge in [-0.05, 0) is 35.1 Å². The Morgan fingerprint density at radius 3 is 2.00 bits per heavy atom. The molecule has 2 aromatic rings. The summed E-state index contributed by atoms with van der Waals surface area (Å²) in [6.45, 7) is 5.36. The van der Waals surface area contributed by atoms with E-state index >= 15 is 0 Å². The lowest BCUT2D eigenvalue weighted by Crippen LogP contribution is -2.56. The average molecular weight is 469 g/mol. The van der Waals surface area contributed by atoms with Gasteiger partial charge in [0.05, 0.1) is 6.10 Å². The van der Waals surface area contributed by atoms with E-state index < -0.39 is 36.2 Å². The zero-order chi connectivity index (χ0) is 24.8. The van der Waals surface area contributed by atoms with Crippen molar-refractivity contribution in [3.63, 3.8) is 0 Å². The van der Waals surface area contributed by atoms with E-state index in [4.69, 9.17) is 9.47 Å². The van der Waals surface area contributed by atoms with Gasteiger partial charge in [-0.15, -0.1) is 0 Å². The number of carboxylic acids is 1. The van der Waals surface area contributed by atoms with Gasteiger partial charge in [0.1, 0.15) is 12.6 Å². The summed E-state index contributed by atoms with van der Waals surface area (Å²) in [5.41, 5.74) is 4.42. The maximum absolute atomic E-state index is 12.9. The number of alkyl carbamates (subject to hydrolysis) is 1. The molecule has 8 nitrogen and oxygen atoms in total. The predicted molar refractivity (Wildman–Crippen MR) is 127 cm³/mol. The Kier molecular flexibility index (Phi) is 8.28. The van der Waals surface area contributed by atoms with Crippen LogP contribution < -0.4 is 10.6 Å². The van der Waals surface area contributed by atoms with E-state index in [9.17, 15) is 19.5 Å². The number of nitrogens with one attached hydrogen (secondary N) is 2. The van der Waals surface area contributed by atoms with Crippen molar-refractivity contribution in [2.24, 2.45) is 5.92 Å². The molecule has 0 unspecified atom stereocenters. The number of hydrogen-bond acceptors (Lipinski definition) is 5. The lowest BCUT2D eigenvalue weighted by atomic mass is 9.97. The van der Waals surface area contributed by atoms with Crippen LogP contribution in [0.2, 0.25) is 0 Å². The van der Waals surface area contributed by atoms with E-state index in [1.54, 1.807) is 6.92 Å². The third-order valence-corrected chi connectivity index (χ3v) is 6.52. The molecule has 0 aromatic heterocycles. The number of rotatable bonds is 10. The molecule has 3 rings (SSSR count). The van der Waals surface area contributed by atoms with Crippen molar-refractivity contribution in [3.05, 3.63) is 59.7 Å². The molecule has 0 spiro atoms. The number of carbonyl (C=O) groups is 3. The Bertz CT molecular complexity index is 994. The first kappa shape index (κ1) is 25.2. The molecule has 0 aliphatic heterocycles. The number of aliphatic carboxylic acids is 1. The molecule has 0 heterocycles. The third-order valence-electron chi connectivity index (χ3n) is 6.52. The molecule has 4 atom stereocenters. The molecule has 2 aromatic carbocycles. The summed E-state index contributed by atoms with van der Waals surface area (Å²) < 4.78 is 10.6. The van der Waals surface area contributed by atoms with Crippen molar-refractivity contribution in [2.75, 3.05) is 13.7 Å². The Balaban J connectivity index is 1.69. The second-order valence-corrected chi connectivity index (χ2v) is 8.60. The quantitative estimate of drug-likeness (QED) is 0.491. The lowest BCUT2D eigenvalue weighted by Gasteiger charge is -2.27. The zero-order valence-corrected chi connectivity index (χ0v) is 19.9. The molecule has 0 radical (unpaired) electrons. The van der Waals surface area contributed by atoms with Crippen LogP contribution in [0.25, 0.3) is 11.1 Å². The van der Waals surface area contributed by atoms with Crippen LogP contribution >= 0.6 is 0 Å². The molecule has 0 bridgehead atoms. The van der Waals surface area contributed by atoms with Gasteiger partial charge in [0.15, 0.2) is 6.04 Å². The Labute approximate surface area is 199 Å². The van der Waals surface area contributed by atoms with Crippen molar-refractivity contribution in [1.82, 2.24) is 10.6 Å². The standard InChI is InChI=1S/C26H32N2O6/c1-5-15(2)22(24(29)27-23(25(30)31)16(3)33-4)28-26(32)34-14-21-19-12-8-6-10-17(19)18-11-7-9-13-20(18)21/h6-13,15-16,21-23H,5,14H2,1-4H3,(H,27,29)(H,28,32)(H,30,31)/t15-,16+,22-,23-/m0/s1. The minimum Gasteiger partial charge on any atom is -0.480 e. The van der Waals surface area contributed by atoms with Gasteiger partial charge < -0.3 is 25.2 Å². The normalized spacial score (nSPS) is 15.9. The fourth-order valence-electron chi connectivity index (χ4n) is 4.23. The van der Waals surface area contributed by atoms with Gasteiger partial charge in [0.2, 0.25) is 5.91 Å². The Morgan fingerprint density at radius 1 is 0.941 bits per heavy atom. The minimum absolute atomic E-state index is 0.104. The number of amides is 2. The molecule has 1 aliphatic rings. The fourth-order valence-corrected chi connectivity index (χ4v) is 4.23. The molecule has 1 aliphatic carbocycles. The summed E-state index contributed by atoms with van der Waals surface area (Å²) in [5.74, 6) is -2.16. The molecule has 182 valence electrons. The highest BCUT2D eigenvalue weighted by atomic mass is 16.5. The molecular weight excluding hydrogens is 436 g/mol. The van der Waals surface area contributed by atoms with Crippen LogP contribution in [0, 0.1) is 5.92 Å². The summed E-state index contributed by atoms with van der Waals surface area (Å²) >= 11 is 0. The van der Waals surface area contributed by atoms with Gasteiger partial charge in [-0.2, -0.15) is 0 Å².